The van der Waals surface area contributed by atoms with Crippen LogP contribution >= 0.6 is 11.3 Å². The van der Waals surface area contributed by atoms with Gasteiger partial charge in [-0.25, -0.2) is 9.50 Å². The second-order valence-electron chi connectivity index (χ2n) is 8.52. The summed E-state index contributed by atoms with van der Waals surface area (Å²) in [6, 6.07) is 15.7. The van der Waals surface area contributed by atoms with Crippen LogP contribution in [0.1, 0.15) is 25.3 Å². The molecule has 1 amide bonds. The number of nitrogens with one attached hydrogen (secondary N) is 1. The first-order valence-corrected chi connectivity index (χ1v) is 12.7. The molecule has 0 aliphatic carbocycles. The molecule has 9 heteroatoms. The summed E-state index contributed by atoms with van der Waals surface area (Å²) in [7, 11) is 1.66. The number of hydrogen-bond donors (Lipinski definition) is 1. The highest BCUT2D eigenvalue weighted by Crippen LogP contribution is 2.30. The fraction of sp³-hybridized carbons (Fsp3) is 0.346. The molecule has 2 aromatic carbocycles. The van der Waals surface area contributed by atoms with E-state index in [1.54, 1.807) is 18.4 Å². The molecule has 0 atom stereocenters. The Balaban J connectivity index is 1.14. The largest absolute Gasteiger partial charge is 0.497 e. The predicted octanol–water partition coefficient (Wildman–Crippen LogP) is 4.40. The van der Waals surface area contributed by atoms with Gasteiger partial charge >= 0.3 is 0 Å². The third-order valence-corrected chi connectivity index (χ3v) is 7.24. The lowest BCUT2D eigenvalue weighted by molar-refractivity contribution is -0.125. The summed E-state index contributed by atoms with van der Waals surface area (Å²) in [6.45, 7) is 4.76. The normalized spacial score (nSPS) is 14.3. The van der Waals surface area contributed by atoms with Crippen molar-refractivity contribution in [3.8, 4) is 22.8 Å². The van der Waals surface area contributed by atoms with Gasteiger partial charge in [0.2, 0.25) is 16.0 Å². The van der Waals surface area contributed by atoms with Gasteiger partial charge in [0.25, 0.3) is 0 Å². The van der Waals surface area contributed by atoms with E-state index in [-0.39, 0.29) is 11.8 Å². The molecule has 4 aromatic rings. The molecule has 0 saturated carbocycles. The van der Waals surface area contributed by atoms with E-state index in [9.17, 15) is 4.79 Å². The molecule has 1 aliphatic rings. The average Bonchev–Trinajstić information content (AvgIpc) is 3.48. The number of carbonyl (C=O) groups is 1. The van der Waals surface area contributed by atoms with Crippen LogP contribution in [0.5, 0.6) is 11.5 Å². The van der Waals surface area contributed by atoms with E-state index < -0.39 is 0 Å². The number of imidazole rings is 1. The Morgan fingerprint density at radius 1 is 1.09 bits per heavy atom. The number of amides is 1. The molecule has 1 N–H and O–H groups in total. The van der Waals surface area contributed by atoms with Crippen molar-refractivity contribution < 1.29 is 14.3 Å². The zero-order valence-electron chi connectivity index (χ0n) is 19.9. The summed E-state index contributed by atoms with van der Waals surface area (Å²) >= 11 is 1.58. The molecule has 1 saturated heterocycles. The number of nitrogens with zero attached hydrogens (tertiary/aromatic N) is 4. The van der Waals surface area contributed by atoms with Crippen LogP contribution < -0.4 is 19.7 Å². The highest BCUT2D eigenvalue weighted by atomic mass is 32.1. The molecule has 0 spiro atoms. The van der Waals surface area contributed by atoms with Gasteiger partial charge in [-0.1, -0.05) is 23.5 Å². The predicted molar refractivity (Wildman–Crippen MR) is 137 cm³/mol. The van der Waals surface area contributed by atoms with E-state index in [0.717, 1.165) is 64.3 Å². The third kappa shape index (κ3) is 5.24. The molecular formula is C26H29N5O3S. The quantitative estimate of drug-likeness (QED) is 0.394. The summed E-state index contributed by atoms with van der Waals surface area (Å²) in [5.74, 6) is 1.82. The van der Waals surface area contributed by atoms with Crippen molar-refractivity contribution in [2.75, 3.05) is 31.7 Å². The molecule has 5 rings (SSSR count). The molecule has 8 nitrogen and oxygen atoms in total. The lowest BCUT2D eigenvalue weighted by Gasteiger charge is -2.30. The first kappa shape index (κ1) is 23.2. The minimum absolute atomic E-state index is 0.0275. The van der Waals surface area contributed by atoms with Crippen LogP contribution in [0.3, 0.4) is 0 Å². The summed E-state index contributed by atoms with van der Waals surface area (Å²) in [4.78, 5) is 20.6. The van der Waals surface area contributed by atoms with Gasteiger partial charge in [-0.3, -0.25) is 4.79 Å². The first-order valence-electron chi connectivity index (χ1n) is 11.9. The van der Waals surface area contributed by atoms with Crippen molar-refractivity contribution in [1.82, 2.24) is 19.9 Å². The van der Waals surface area contributed by atoms with Gasteiger partial charge in [-0.05, 0) is 61.7 Å². The number of fused-ring (bicyclic) bond motifs is 1. The van der Waals surface area contributed by atoms with E-state index in [4.69, 9.17) is 19.6 Å². The molecule has 2 aromatic heterocycles. The summed E-state index contributed by atoms with van der Waals surface area (Å²) in [5, 5.41) is 8.78. The second kappa shape index (κ2) is 10.4. The maximum Gasteiger partial charge on any atom is 0.223 e. The Kier molecular flexibility index (Phi) is 6.85. The molecule has 0 unspecified atom stereocenters. The van der Waals surface area contributed by atoms with Gasteiger partial charge in [0.15, 0.2) is 0 Å². The van der Waals surface area contributed by atoms with Gasteiger partial charge in [0.1, 0.15) is 11.5 Å². The molecule has 1 fully saturated rings. The Bertz CT molecular complexity index is 1240. The van der Waals surface area contributed by atoms with Crippen molar-refractivity contribution >= 4 is 27.3 Å². The van der Waals surface area contributed by atoms with E-state index in [1.807, 2.05) is 66.2 Å². The number of carbonyl (C=O) groups excluding carboxylic acids is 1. The Labute approximate surface area is 208 Å². The molecule has 35 heavy (non-hydrogen) atoms. The number of anilines is 1. The van der Waals surface area contributed by atoms with Gasteiger partial charge < -0.3 is 19.7 Å². The minimum atomic E-state index is 0.0275. The monoisotopic (exact) mass is 491 g/mol. The average molecular weight is 492 g/mol. The van der Waals surface area contributed by atoms with E-state index in [1.165, 1.54) is 0 Å². The summed E-state index contributed by atoms with van der Waals surface area (Å²) in [6.07, 6.45) is 3.58. The maximum atomic E-state index is 12.7. The van der Waals surface area contributed by atoms with Crippen LogP contribution in [0.25, 0.3) is 16.2 Å². The Morgan fingerprint density at radius 3 is 2.46 bits per heavy atom. The topological polar surface area (TPSA) is 81.0 Å². The molecular weight excluding hydrogens is 462 g/mol. The van der Waals surface area contributed by atoms with Crippen LogP contribution in [-0.2, 0) is 11.3 Å². The number of piperidine rings is 1. The van der Waals surface area contributed by atoms with E-state index >= 15 is 0 Å². The van der Waals surface area contributed by atoms with Crippen LogP contribution in [0.15, 0.2) is 54.7 Å². The van der Waals surface area contributed by atoms with Crippen molar-refractivity contribution in [2.24, 2.45) is 5.92 Å². The van der Waals surface area contributed by atoms with Crippen molar-refractivity contribution in [3.05, 3.63) is 60.3 Å². The maximum absolute atomic E-state index is 12.7. The third-order valence-electron chi connectivity index (χ3n) is 6.26. The summed E-state index contributed by atoms with van der Waals surface area (Å²) < 4.78 is 12.5. The smallest absolute Gasteiger partial charge is 0.223 e. The first-order chi connectivity index (χ1) is 17.1. The fourth-order valence-corrected chi connectivity index (χ4v) is 5.19. The van der Waals surface area contributed by atoms with Crippen molar-refractivity contribution in [3.63, 3.8) is 0 Å². The number of ether oxygens (including phenoxy) is 2. The van der Waals surface area contributed by atoms with E-state index in [0.29, 0.717) is 13.2 Å². The Hall–Kier alpha value is -3.59. The zero-order chi connectivity index (χ0) is 24.2. The number of benzene rings is 2. The number of methoxy groups -OCH3 is 1. The minimum Gasteiger partial charge on any atom is -0.497 e. The van der Waals surface area contributed by atoms with E-state index in [2.05, 4.69) is 10.2 Å². The SMILES string of the molecule is CCOc1ccc(CNC(=O)C2CCN(c3nn4cc(-c5ccc(OC)cc5)nc4s3)CC2)cc1. The van der Waals surface area contributed by atoms with Crippen molar-refractivity contribution in [2.45, 2.75) is 26.3 Å². The van der Waals surface area contributed by atoms with Gasteiger partial charge in [0, 0.05) is 31.1 Å². The Morgan fingerprint density at radius 2 is 1.80 bits per heavy atom. The van der Waals surface area contributed by atoms with Gasteiger partial charge in [-0.15, -0.1) is 5.10 Å². The second-order valence-corrected chi connectivity index (χ2v) is 9.46. The lowest BCUT2D eigenvalue weighted by Crippen LogP contribution is -2.40. The van der Waals surface area contributed by atoms with Crippen LogP contribution in [0.4, 0.5) is 5.13 Å². The highest BCUT2D eigenvalue weighted by molar-refractivity contribution is 7.20. The van der Waals surface area contributed by atoms with Crippen molar-refractivity contribution in [1.29, 1.82) is 0 Å². The molecule has 3 heterocycles. The molecule has 0 bridgehead atoms. The lowest BCUT2D eigenvalue weighted by atomic mass is 9.96. The van der Waals surface area contributed by atoms with Gasteiger partial charge in [0.05, 0.1) is 25.6 Å². The van der Waals surface area contributed by atoms with Crippen LogP contribution in [0.2, 0.25) is 0 Å². The summed E-state index contributed by atoms with van der Waals surface area (Å²) in [5.41, 5.74) is 2.99. The van der Waals surface area contributed by atoms with Gasteiger partial charge in [-0.2, -0.15) is 0 Å². The number of rotatable bonds is 8. The van der Waals surface area contributed by atoms with Crippen LogP contribution in [-0.4, -0.2) is 47.3 Å². The van der Waals surface area contributed by atoms with Crippen LogP contribution in [0, 0.1) is 5.92 Å². The number of hydrogen-bond acceptors (Lipinski definition) is 7. The standard InChI is InChI=1S/C26H29N5O3S/c1-3-34-22-8-4-18(5-9-22)16-27-24(32)20-12-14-30(15-13-20)26-29-31-17-23(28-25(31)35-26)19-6-10-21(33-2)11-7-19/h4-11,17,20H,3,12-16H2,1-2H3,(H,27,32). The number of aromatic nitrogens is 3. The molecule has 182 valence electrons. The molecule has 0 radical (unpaired) electrons. The highest BCUT2D eigenvalue weighted by Gasteiger charge is 2.26. The fourth-order valence-electron chi connectivity index (χ4n) is 4.25. The zero-order valence-corrected chi connectivity index (χ0v) is 20.8. The molecule has 1 aliphatic heterocycles.